The molecule has 1 saturated carbocycles. The third-order valence-electron chi connectivity index (χ3n) is 4.60. The third kappa shape index (κ3) is 7.87. The van der Waals surface area contributed by atoms with Gasteiger partial charge in [-0.1, -0.05) is 34.6 Å². The van der Waals surface area contributed by atoms with E-state index in [9.17, 15) is 4.79 Å². The zero-order valence-corrected chi connectivity index (χ0v) is 17.5. The van der Waals surface area contributed by atoms with Gasteiger partial charge in [-0.25, -0.2) is 4.79 Å². The van der Waals surface area contributed by atoms with E-state index >= 15 is 0 Å². The van der Waals surface area contributed by atoms with Crippen LogP contribution in [-0.2, 0) is 4.74 Å². The van der Waals surface area contributed by atoms with E-state index in [4.69, 9.17) is 4.74 Å². The van der Waals surface area contributed by atoms with Gasteiger partial charge in [-0.3, -0.25) is 0 Å². The summed E-state index contributed by atoms with van der Waals surface area (Å²) in [5.74, 6) is 0.399. The number of carbonyl (C=O) groups excluding carboxylic acids is 1. The first-order chi connectivity index (χ1) is 10.7. The summed E-state index contributed by atoms with van der Waals surface area (Å²) < 4.78 is 5.42. The summed E-state index contributed by atoms with van der Waals surface area (Å²) in [5.41, 5.74) is 0.359. The Bertz CT molecular complexity index is 408. The highest BCUT2D eigenvalue weighted by molar-refractivity contribution is 5.67. The molecule has 0 aliphatic heterocycles. The molecule has 1 atom stereocenters. The fraction of sp³-hybridized carbons (Fsp3) is 0.950. The van der Waals surface area contributed by atoms with Crippen LogP contribution < -0.4 is 5.32 Å². The van der Waals surface area contributed by atoms with Crippen LogP contribution in [-0.4, -0.2) is 42.8 Å². The zero-order chi connectivity index (χ0) is 18.8. The first kappa shape index (κ1) is 21.3. The van der Waals surface area contributed by atoms with E-state index in [0.717, 1.165) is 6.54 Å². The molecule has 0 aromatic rings. The van der Waals surface area contributed by atoms with Gasteiger partial charge in [0.1, 0.15) is 5.60 Å². The maximum Gasteiger partial charge on any atom is 0.410 e. The fourth-order valence-corrected chi connectivity index (χ4v) is 4.30. The Balaban J connectivity index is 2.43. The minimum Gasteiger partial charge on any atom is -0.444 e. The molecule has 0 aromatic heterocycles. The van der Waals surface area contributed by atoms with Gasteiger partial charge in [0.25, 0.3) is 0 Å². The molecule has 0 saturated heterocycles. The maximum atomic E-state index is 12.1. The average molecular weight is 341 g/mol. The standard InChI is InChI=1S/C20H40N2O2/c1-15(13-22(9)17(23)24-18(2,3)4)12-21-16-10-19(5,6)14-20(7,8)11-16/h15-16,21H,10-14H2,1-9H3. The number of carbonyl (C=O) groups is 1. The third-order valence-corrected chi connectivity index (χ3v) is 4.60. The average Bonchev–Trinajstić information content (AvgIpc) is 2.30. The summed E-state index contributed by atoms with van der Waals surface area (Å²) in [5, 5.41) is 3.75. The summed E-state index contributed by atoms with van der Waals surface area (Å²) in [6.07, 6.45) is 3.50. The van der Waals surface area contributed by atoms with Crippen molar-refractivity contribution in [2.45, 2.75) is 86.3 Å². The lowest BCUT2D eigenvalue weighted by atomic mass is 9.63. The van der Waals surface area contributed by atoms with Gasteiger partial charge in [-0.2, -0.15) is 0 Å². The number of nitrogens with one attached hydrogen (secondary N) is 1. The predicted octanol–water partition coefficient (Wildman–Crippen LogP) is 4.68. The highest BCUT2D eigenvalue weighted by atomic mass is 16.6. The molecule has 1 amide bonds. The van der Waals surface area contributed by atoms with E-state index < -0.39 is 5.60 Å². The Kier molecular flexibility index (Phi) is 6.77. The van der Waals surface area contributed by atoms with Gasteiger partial charge in [-0.15, -0.1) is 0 Å². The minimum absolute atomic E-state index is 0.241. The van der Waals surface area contributed by atoms with Crippen LogP contribution in [0.25, 0.3) is 0 Å². The predicted molar refractivity (Wildman–Crippen MR) is 101 cm³/mol. The molecule has 1 fully saturated rings. The summed E-state index contributed by atoms with van der Waals surface area (Å²) in [6.45, 7) is 19.0. The van der Waals surface area contributed by atoms with E-state index in [-0.39, 0.29) is 6.09 Å². The van der Waals surface area contributed by atoms with Crippen LogP contribution in [0.4, 0.5) is 4.79 Å². The van der Waals surface area contributed by atoms with Gasteiger partial charge in [0.05, 0.1) is 0 Å². The summed E-state index contributed by atoms with van der Waals surface area (Å²) in [4.78, 5) is 13.7. The molecule has 0 heterocycles. The number of rotatable bonds is 5. The largest absolute Gasteiger partial charge is 0.444 e. The van der Waals surface area contributed by atoms with Crippen molar-refractivity contribution < 1.29 is 9.53 Å². The molecule has 1 N–H and O–H groups in total. The molecule has 4 nitrogen and oxygen atoms in total. The molecule has 1 rings (SSSR count). The van der Waals surface area contributed by atoms with Crippen molar-refractivity contribution in [1.82, 2.24) is 10.2 Å². The molecular formula is C20H40N2O2. The Morgan fingerprint density at radius 1 is 1.21 bits per heavy atom. The second-order valence-corrected chi connectivity index (χ2v) is 10.5. The normalized spacial score (nSPS) is 22.0. The molecule has 0 radical (unpaired) electrons. The van der Waals surface area contributed by atoms with Crippen LogP contribution in [0.3, 0.4) is 0 Å². The number of hydrogen-bond donors (Lipinski definition) is 1. The fourth-order valence-electron chi connectivity index (χ4n) is 4.30. The van der Waals surface area contributed by atoms with Crippen molar-refractivity contribution in [2.24, 2.45) is 16.7 Å². The lowest BCUT2D eigenvalue weighted by molar-refractivity contribution is 0.0274. The molecule has 0 bridgehead atoms. The molecule has 142 valence electrons. The molecule has 1 aliphatic carbocycles. The van der Waals surface area contributed by atoms with Crippen LogP contribution in [0.15, 0.2) is 0 Å². The maximum absolute atomic E-state index is 12.1. The summed E-state index contributed by atoms with van der Waals surface area (Å²) in [6, 6.07) is 0.568. The second-order valence-electron chi connectivity index (χ2n) is 10.5. The lowest BCUT2D eigenvalue weighted by Crippen LogP contribution is -2.46. The number of amides is 1. The van der Waals surface area contributed by atoms with Crippen molar-refractivity contribution in [3.05, 3.63) is 0 Å². The molecular weight excluding hydrogens is 300 g/mol. The molecule has 1 aliphatic rings. The lowest BCUT2D eigenvalue weighted by Gasteiger charge is -2.45. The van der Waals surface area contributed by atoms with Gasteiger partial charge in [0, 0.05) is 19.6 Å². The Labute approximate surface area is 149 Å². The topological polar surface area (TPSA) is 41.6 Å². The van der Waals surface area contributed by atoms with Crippen molar-refractivity contribution in [1.29, 1.82) is 0 Å². The highest BCUT2D eigenvalue weighted by Crippen LogP contribution is 2.45. The van der Waals surface area contributed by atoms with Crippen LogP contribution in [0.5, 0.6) is 0 Å². The van der Waals surface area contributed by atoms with Gasteiger partial charge in [0.15, 0.2) is 0 Å². The van der Waals surface area contributed by atoms with Gasteiger partial charge in [-0.05, 0) is 63.3 Å². The Morgan fingerprint density at radius 3 is 2.17 bits per heavy atom. The quantitative estimate of drug-likeness (QED) is 0.790. The van der Waals surface area contributed by atoms with E-state index in [1.165, 1.54) is 19.3 Å². The zero-order valence-electron chi connectivity index (χ0n) is 17.5. The van der Waals surface area contributed by atoms with Crippen molar-refractivity contribution in [3.63, 3.8) is 0 Å². The van der Waals surface area contributed by atoms with E-state index in [2.05, 4.69) is 39.9 Å². The van der Waals surface area contributed by atoms with Crippen LogP contribution in [0, 0.1) is 16.7 Å². The second kappa shape index (κ2) is 7.63. The van der Waals surface area contributed by atoms with Gasteiger partial charge in [0.2, 0.25) is 0 Å². The highest BCUT2D eigenvalue weighted by Gasteiger charge is 2.38. The summed E-state index contributed by atoms with van der Waals surface area (Å²) >= 11 is 0. The van der Waals surface area contributed by atoms with E-state index in [1.807, 2.05) is 27.8 Å². The molecule has 1 unspecified atom stereocenters. The van der Waals surface area contributed by atoms with Crippen LogP contribution in [0.2, 0.25) is 0 Å². The molecule has 24 heavy (non-hydrogen) atoms. The number of nitrogens with zero attached hydrogens (tertiary/aromatic N) is 1. The van der Waals surface area contributed by atoms with Gasteiger partial charge < -0.3 is 15.0 Å². The summed E-state index contributed by atoms with van der Waals surface area (Å²) in [7, 11) is 1.82. The van der Waals surface area contributed by atoms with E-state index in [0.29, 0.717) is 29.3 Å². The van der Waals surface area contributed by atoms with Crippen LogP contribution in [0.1, 0.15) is 74.7 Å². The van der Waals surface area contributed by atoms with Crippen molar-refractivity contribution >= 4 is 6.09 Å². The molecule has 4 heteroatoms. The number of hydrogen-bond acceptors (Lipinski definition) is 3. The molecule has 0 spiro atoms. The van der Waals surface area contributed by atoms with Gasteiger partial charge >= 0.3 is 6.09 Å². The minimum atomic E-state index is -0.438. The Hall–Kier alpha value is -0.770. The number of ether oxygens (including phenoxy) is 1. The first-order valence-electron chi connectivity index (χ1n) is 9.37. The Morgan fingerprint density at radius 2 is 1.71 bits per heavy atom. The smallest absolute Gasteiger partial charge is 0.410 e. The monoisotopic (exact) mass is 340 g/mol. The first-order valence-corrected chi connectivity index (χ1v) is 9.37. The SMILES string of the molecule is CC(CNC1CC(C)(C)CC(C)(C)C1)CN(C)C(=O)OC(C)(C)C. The van der Waals surface area contributed by atoms with Crippen molar-refractivity contribution in [2.75, 3.05) is 20.1 Å². The van der Waals surface area contributed by atoms with Crippen LogP contribution >= 0.6 is 0 Å². The molecule has 0 aromatic carbocycles. The van der Waals surface area contributed by atoms with Crippen molar-refractivity contribution in [3.8, 4) is 0 Å². The van der Waals surface area contributed by atoms with E-state index in [1.54, 1.807) is 4.90 Å².